The van der Waals surface area contributed by atoms with Crippen molar-refractivity contribution in [2.24, 2.45) is 0 Å². The summed E-state index contributed by atoms with van der Waals surface area (Å²) in [5, 5.41) is 3.68. The number of halogens is 2. The van der Waals surface area contributed by atoms with E-state index in [0.29, 0.717) is 27.8 Å². The molecule has 0 radical (unpaired) electrons. The second-order valence-electron chi connectivity index (χ2n) is 9.31. The van der Waals surface area contributed by atoms with Crippen molar-refractivity contribution in [2.75, 3.05) is 18.0 Å². The normalized spacial score (nSPS) is 12.8. The number of nitrogens with zero attached hydrogens (tertiary/aromatic N) is 2. The summed E-state index contributed by atoms with van der Waals surface area (Å²) in [6.45, 7) is 4.89. The van der Waals surface area contributed by atoms with E-state index in [1.165, 1.54) is 42.3 Å². The molecular formula is C29H33Cl2N3O5S. The highest BCUT2D eigenvalue weighted by atomic mass is 35.5. The number of benzene rings is 3. The van der Waals surface area contributed by atoms with Crippen LogP contribution < -0.4 is 14.4 Å². The van der Waals surface area contributed by atoms with Crippen LogP contribution in [0.25, 0.3) is 0 Å². The van der Waals surface area contributed by atoms with Crippen molar-refractivity contribution in [1.82, 2.24) is 10.2 Å². The van der Waals surface area contributed by atoms with Gasteiger partial charge in [-0.15, -0.1) is 0 Å². The molecule has 0 fully saturated rings. The van der Waals surface area contributed by atoms with Gasteiger partial charge in [0.25, 0.3) is 10.0 Å². The molecule has 1 N–H and O–H groups in total. The highest BCUT2D eigenvalue weighted by Gasteiger charge is 2.33. The van der Waals surface area contributed by atoms with Crippen LogP contribution >= 0.6 is 23.2 Å². The fraction of sp³-hybridized carbons (Fsp3) is 0.310. The number of amides is 2. The molecule has 0 bridgehead atoms. The van der Waals surface area contributed by atoms with E-state index < -0.39 is 28.5 Å². The van der Waals surface area contributed by atoms with Crippen LogP contribution in [0.2, 0.25) is 10.0 Å². The minimum atomic E-state index is -4.22. The van der Waals surface area contributed by atoms with Gasteiger partial charge in [0.1, 0.15) is 18.3 Å². The molecule has 0 aliphatic heterocycles. The molecule has 0 aliphatic rings. The second-order valence-corrected chi connectivity index (χ2v) is 12.0. The van der Waals surface area contributed by atoms with Crippen LogP contribution in [0.4, 0.5) is 5.69 Å². The molecule has 3 aromatic rings. The number of ether oxygens (including phenoxy) is 1. The molecular weight excluding hydrogens is 573 g/mol. The highest BCUT2D eigenvalue weighted by molar-refractivity contribution is 7.92. The Morgan fingerprint density at radius 1 is 0.950 bits per heavy atom. The molecule has 0 aromatic heterocycles. The van der Waals surface area contributed by atoms with Crippen LogP contribution in [0, 0.1) is 0 Å². The summed E-state index contributed by atoms with van der Waals surface area (Å²) in [6.07, 6.45) is 0.712. The summed E-state index contributed by atoms with van der Waals surface area (Å²) in [6, 6.07) is 18.0. The average Bonchev–Trinajstić information content (AvgIpc) is 2.93. The van der Waals surface area contributed by atoms with Gasteiger partial charge in [0.15, 0.2) is 0 Å². The van der Waals surface area contributed by atoms with Crippen molar-refractivity contribution in [3.63, 3.8) is 0 Å². The molecule has 11 heteroatoms. The Balaban J connectivity index is 2.03. The molecule has 0 saturated carbocycles. The number of hydrogen-bond donors (Lipinski definition) is 1. The number of nitrogens with one attached hydrogen (secondary N) is 1. The summed E-state index contributed by atoms with van der Waals surface area (Å²) in [5.41, 5.74) is 0.896. The van der Waals surface area contributed by atoms with Crippen molar-refractivity contribution in [3.8, 4) is 5.75 Å². The predicted molar refractivity (Wildman–Crippen MR) is 158 cm³/mol. The summed E-state index contributed by atoms with van der Waals surface area (Å²) < 4.78 is 33.9. The smallest absolute Gasteiger partial charge is 0.264 e. The summed E-state index contributed by atoms with van der Waals surface area (Å²) in [7, 11) is -2.74. The molecule has 2 atom stereocenters. The molecule has 3 aromatic carbocycles. The maximum atomic E-state index is 13.9. The molecule has 2 amide bonds. The van der Waals surface area contributed by atoms with Crippen molar-refractivity contribution >= 4 is 50.7 Å². The Labute approximate surface area is 245 Å². The lowest BCUT2D eigenvalue weighted by Crippen LogP contribution is -2.52. The minimum Gasteiger partial charge on any atom is -0.497 e. The van der Waals surface area contributed by atoms with Gasteiger partial charge >= 0.3 is 0 Å². The zero-order chi connectivity index (χ0) is 29.4. The van der Waals surface area contributed by atoms with Gasteiger partial charge in [-0.25, -0.2) is 8.42 Å². The lowest BCUT2D eigenvalue weighted by molar-refractivity contribution is -0.139. The van der Waals surface area contributed by atoms with Gasteiger partial charge in [-0.2, -0.15) is 0 Å². The van der Waals surface area contributed by atoms with E-state index in [1.54, 1.807) is 49.4 Å². The zero-order valence-electron chi connectivity index (χ0n) is 22.8. The van der Waals surface area contributed by atoms with Crippen molar-refractivity contribution in [3.05, 3.63) is 88.4 Å². The first-order valence-electron chi connectivity index (χ1n) is 12.7. The summed E-state index contributed by atoms with van der Waals surface area (Å²) >= 11 is 12.4. The number of carbonyl (C=O) groups excluding carboxylic acids is 2. The Hall–Kier alpha value is -3.27. The van der Waals surface area contributed by atoms with Crippen molar-refractivity contribution in [2.45, 2.75) is 50.7 Å². The molecule has 3 rings (SSSR count). The van der Waals surface area contributed by atoms with Crippen LogP contribution in [-0.4, -0.2) is 50.9 Å². The summed E-state index contributed by atoms with van der Waals surface area (Å²) in [5.74, 6) is -0.445. The Morgan fingerprint density at radius 2 is 1.57 bits per heavy atom. The largest absolute Gasteiger partial charge is 0.497 e. The highest BCUT2D eigenvalue weighted by Crippen LogP contribution is 2.28. The number of carbonyl (C=O) groups is 2. The third-order valence-corrected chi connectivity index (χ3v) is 8.69. The van der Waals surface area contributed by atoms with Gasteiger partial charge in [0, 0.05) is 22.6 Å². The lowest BCUT2D eigenvalue weighted by Gasteiger charge is -2.32. The average molecular weight is 607 g/mol. The third kappa shape index (κ3) is 7.90. The second kappa shape index (κ2) is 13.9. The first-order valence-corrected chi connectivity index (χ1v) is 14.9. The first kappa shape index (κ1) is 31.3. The van der Waals surface area contributed by atoms with Crippen LogP contribution in [0.1, 0.15) is 32.8 Å². The maximum Gasteiger partial charge on any atom is 0.264 e. The molecule has 8 nitrogen and oxygen atoms in total. The van der Waals surface area contributed by atoms with E-state index in [1.807, 2.05) is 13.8 Å². The third-order valence-electron chi connectivity index (χ3n) is 6.43. The van der Waals surface area contributed by atoms with Gasteiger partial charge in [-0.3, -0.25) is 13.9 Å². The number of sulfonamides is 1. The van der Waals surface area contributed by atoms with Crippen molar-refractivity contribution < 1.29 is 22.7 Å². The fourth-order valence-electron chi connectivity index (χ4n) is 3.92. The standard InChI is InChI=1S/C29H33Cl2N3O5S/c1-5-20(2)32-29(36)21(3)33(18-22-8-6-9-23(30)16-22)28(35)19-34(25-11-7-10-24(31)17-25)40(37,38)27-14-12-26(39-4)13-15-27/h6-17,20-21H,5,18-19H2,1-4H3,(H,32,36)/t20-,21-/m0/s1. The van der Waals surface area contributed by atoms with Gasteiger partial charge in [0.2, 0.25) is 11.8 Å². The number of rotatable bonds is 12. The molecule has 214 valence electrons. The summed E-state index contributed by atoms with van der Waals surface area (Å²) in [4.78, 5) is 28.4. The Morgan fingerprint density at radius 3 is 2.15 bits per heavy atom. The molecule has 0 heterocycles. The van der Waals surface area contributed by atoms with Crippen molar-refractivity contribution in [1.29, 1.82) is 0 Å². The number of methoxy groups -OCH3 is 1. The quantitative estimate of drug-likeness (QED) is 0.293. The van der Waals surface area contributed by atoms with E-state index in [0.717, 1.165) is 4.31 Å². The van der Waals surface area contributed by atoms with E-state index in [2.05, 4.69) is 5.32 Å². The SMILES string of the molecule is CC[C@H](C)NC(=O)[C@H](C)N(Cc1cccc(Cl)c1)C(=O)CN(c1cccc(Cl)c1)S(=O)(=O)c1ccc(OC)cc1. The van der Waals surface area contributed by atoms with Gasteiger partial charge in [-0.05, 0) is 80.4 Å². The predicted octanol–water partition coefficient (Wildman–Crippen LogP) is 5.53. The molecule has 0 spiro atoms. The van der Waals surface area contributed by atoms with E-state index in [-0.39, 0.29) is 29.1 Å². The van der Waals surface area contributed by atoms with Crippen LogP contribution in [0.5, 0.6) is 5.75 Å². The fourth-order valence-corrected chi connectivity index (χ4v) is 5.72. The topological polar surface area (TPSA) is 96.0 Å². The first-order chi connectivity index (χ1) is 19.0. The number of hydrogen-bond acceptors (Lipinski definition) is 5. The monoisotopic (exact) mass is 605 g/mol. The molecule has 0 aliphatic carbocycles. The molecule has 0 unspecified atom stereocenters. The van der Waals surface area contributed by atoms with E-state index in [4.69, 9.17) is 27.9 Å². The zero-order valence-corrected chi connectivity index (χ0v) is 25.1. The molecule has 40 heavy (non-hydrogen) atoms. The van der Waals surface area contributed by atoms with Gasteiger partial charge < -0.3 is 15.0 Å². The Bertz CT molecular complexity index is 1430. The number of anilines is 1. The van der Waals surface area contributed by atoms with E-state index >= 15 is 0 Å². The molecule has 0 saturated heterocycles. The van der Waals surface area contributed by atoms with Gasteiger partial charge in [-0.1, -0.05) is 48.3 Å². The maximum absolute atomic E-state index is 13.9. The van der Waals surface area contributed by atoms with Crippen LogP contribution in [0.3, 0.4) is 0 Å². The van der Waals surface area contributed by atoms with Gasteiger partial charge in [0.05, 0.1) is 17.7 Å². The van der Waals surface area contributed by atoms with Crippen LogP contribution in [-0.2, 0) is 26.2 Å². The van der Waals surface area contributed by atoms with Crippen LogP contribution in [0.15, 0.2) is 77.7 Å². The van der Waals surface area contributed by atoms with E-state index in [9.17, 15) is 18.0 Å². The lowest BCUT2D eigenvalue weighted by atomic mass is 10.1. The minimum absolute atomic E-state index is 0.0370. The Kier molecular flexibility index (Phi) is 10.8.